The van der Waals surface area contributed by atoms with Crippen molar-refractivity contribution in [3.05, 3.63) is 46.4 Å². The molecule has 2 aromatic rings. The lowest BCUT2D eigenvalue weighted by Crippen LogP contribution is -2.37. The number of anilines is 1. The monoisotopic (exact) mass is 275 g/mol. The minimum absolute atomic E-state index is 0.0421. The molecule has 1 unspecified atom stereocenters. The quantitative estimate of drug-likeness (QED) is 0.882. The van der Waals surface area contributed by atoms with Gasteiger partial charge in [0.1, 0.15) is 5.01 Å². The van der Waals surface area contributed by atoms with Gasteiger partial charge >= 0.3 is 0 Å². The van der Waals surface area contributed by atoms with Gasteiger partial charge in [-0.1, -0.05) is 18.2 Å². The minimum atomic E-state index is -0.260. The van der Waals surface area contributed by atoms with Gasteiger partial charge < -0.3 is 5.32 Å². The lowest BCUT2D eigenvalue weighted by Gasteiger charge is -2.13. The molecule has 0 saturated carbocycles. The summed E-state index contributed by atoms with van der Waals surface area (Å²) in [5, 5.41) is 9.04. The van der Waals surface area contributed by atoms with E-state index in [2.05, 4.69) is 15.6 Å². The van der Waals surface area contributed by atoms with Crippen LogP contribution >= 0.6 is 11.3 Å². The van der Waals surface area contributed by atoms with Gasteiger partial charge in [-0.25, -0.2) is 4.98 Å². The molecule has 1 aromatic carbocycles. The van der Waals surface area contributed by atoms with Crippen LogP contribution in [-0.2, 0) is 11.3 Å². The largest absolute Gasteiger partial charge is 0.325 e. The van der Waals surface area contributed by atoms with Crippen molar-refractivity contribution in [3.63, 3.8) is 0 Å². The van der Waals surface area contributed by atoms with E-state index in [1.165, 1.54) is 0 Å². The predicted octanol–water partition coefficient (Wildman–Crippen LogP) is 2.57. The molecule has 0 spiro atoms. The summed E-state index contributed by atoms with van der Waals surface area (Å²) in [5.41, 5.74) is 1.83. The Morgan fingerprint density at radius 2 is 2.11 bits per heavy atom. The van der Waals surface area contributed by atoms with E-state index in [-0.39, 0.29) is 11.9 Å². The number of carbonyl (C=O) groups is 1. The number of aromatic nitrogens is 1. The fourth-order valence-electron chi connectivity index (χ4n) is 1.59. The number of thiazole rings is 1. The third kappa shape index (κ3) is 4.15. The topological polar surface area (TPSA) is 54.0 Å². The van der Waals surface area contributed by atoms with E-state index in [0.29, 0.717) is 6.54 Å². The van der Waals surface area contributed by atoms with Crippen LogP contribution in [0, 0.1) is 6.92 Å². The second-order valence-electron chi connectivity index (χ2n) is 4.34. The first-order chi connectivity index (χ1) is 9.15. The number of hydrogen-bond acceptors (Lipinski definition) is 4. The SMILES string of the molecule is Cc1csc(CNC(C)C(=O)Nc2ccccc2)n1. The van der Waals surface area contributed by atoms with Crippen molar-refractivity contribution in [2.75, 3.05) is 5.32 Å². The zero-order valence-electron chi connectivity index (χ0n) is 11.0. The molecule has 0 saturated heterocycles. The highest BCUT2D eigenvalue weighted by molar-refractivity contribution is 7.09. The predicted molar refractivity (Wildman–Crippen MR) is 78.2 cm³/mol. The molecule has 1 aromatic heterocycles. The van der Waals surface area contributed by atoms with Crippen LogP contribution in [0.25, 0.3) is 0 Å². The highest BCUT2D eigenvalue weighted by Gasteiger charge is 2.12. The molecule has 1 heterocycles. The van der Waals surface area contributed by atoms with Crippen molar-refractivity contribution >= 4 is 22.9 Å². The number of aryl methyl sites for hydroxylation is 1. The Hall–Kier alpha value is -1.72. The molecule has 1 atom stereocenters. The Bertz CT molecular complexity index is 539. The summed E-state index contributed by atoms with van der Waals surface area (Å²) in [6.45, 7) is 4.42. The molecule has 0 radical (unpaired) electrons. The molecular formula is C14H17N3OS. The normalized spacial score (nSPS) is 12.1. The number of para-hydroxylation sites is 1. The maximum Gasteiger partial charge on any atom is 0.241 e. The van der Waals surface area contributed by atoms with Gasteiger partial charge in [0.25, 0.3) is 0 Å². The van der Waals surface area contributed by atoms with Crippen molar-refractivity contribution in [1.29, 1.82) is 0 Å². The second-order valence-corrected chi connectivity index (χ2v) is 5.28. The van der Waals surface area contributed by atoms with E-state index in [9.17, 15) is 4.79 Å². The molecule has 5 heteroatoms. The number of nitrogens with one attached hydrogen (secondary N) is 2. The third-order valence-electron chi connectivity index (χ3n) is 2.66. The van der Waals surface area contributed by atoms with Gasteiger partial charge in [-0.3, -0.25) is 10.1 Å². The van der Waals surface area contributed by atoms with Crippen LogP contribution in [0.1, 0.15) is 17.6 Å². The molecule has 0 bridgehead atoms. The molecule has 4 nitrogen and oxygen atoms in total. The van der Waals surface area contributed by atoms with Crippen LogP contribution in [-0.4, -0.2) is 16.9 Å². The van der Waals surface area contributed by atoms with Crippen LogP contribution < -0.4 is 10.6 Å². The Kier molecular flexibility index (Phi) is 4.65. The molecule has 2 rings (SSSR count). The summed E-state index contributed by atoms with van der Waals surface area (Å²) in [7, 11) is 0. The van der Waals surface area contributed by atoms with Crippen LogP contribution in [0.5, 0.6) is 0 Å². The summed E-state index contributed by atoms with van der Waals surface area (Å²) < 4.78 is 0. The average molecular weight is 275 g/mol. The van der Waals surface area contributed by atoms with Crippen LogP contribution in [0.4, 0.5) is 5.69 Å². The summed E-state index contributed by atoms with van der Waals surface area (Å²) in [6, 6.07) is 9.19. The first kappa shape index (κ1) is 13.7. The van der Waals surface area contributed by atoms with Crippen LogP contribution in [0.3, 0.4) is 0 Å². The van der Waals surface area contributed by atoms with Crippen LogP contribution in [0.2, 0.25) is 0 Å². The number of benzene rings is 1. The minimum Gasteiger partial charge on any atom is -0.325 e. The molecule has 19 heavy (non-hydrogen) atoms. The van der Waals surface area contributed by atoms with Gasteiger partial charge in [-0.15, -0.1) is 11.3 Å². The summed E-state index contributed by atoms with van der Waals surface area (Å²) in [5.74, 6) is -0.0421. The number of rotatable bonds is 5. The lowest BCUT2D eigenvalue weighted by molar-refractivity contribution is -0.117. The third-order valence-corrected chi connectivity index (χ3v) is 3.63. The van der Waals surface area contributed by atoms with Crippen molar-refractivity contribution in [3.8, 4) is 0 Å². The zero-order chi connectivity index (χ0) is 13.7. The van der Waals surface area contributed by atoms with E-state index < -0.39 is 0 Å². The summed E-state index contributed by atoms with van der Waals surface area (Å²) >= 11 is 1.60. The van der Waals surface area contributed by atoms with E-state index in [0.717, 1.165) is 16.4 Å². The van der Waals surface area contributed by atoms with E-state index in [4.69, 9.17) is 0 Å². The number of amides is 1. The molecule has 0 fully saturated rings. The van der Waals surface area contributed by atoms with Gasteiger partial charge in [0.15, 0.2) is 0 Å². The number of nitrogens with zero attached hydrogens (tertiary/aromatic N) is 1. The number of hydrogen-bond donors (Lipinski definition) is 2. The molecular weight excluding hydrogens is 258 g/mol. The Labute approximate surface area is 116 Å². The molecule has 2 N–H and O–H groups in total. The zero-order valence-corrected chi connectivity index (χ0v) is 11.8. The van der Waals surface area contributed by atoms with Gasteiger partial charge in [-0.2, -0.15) is 0 Å². The standard InChI is InChI=1S/C14H17N3OS/c1-10-9-19-13(16-10)8-15-11(2)14(18)17-12-6-4-3-5-7-12/h3-7,9,11,15H,8H2,1-2H3,(H,17,18). The second kappa shape index (κ2) is 6.45. The molecule has 0 aliphatic rings. The smallest absolute Gasteiger partial charge is 0.241 e. The average Bonchev–Trinajstić information content (AvgIpc) is 2.83. The van der Waals surface area contributed by atoms with Crippen molar-refractivity contribution in [1.82, 2.24) is 10.3 Å². The van der Waals surface area contributed by atoms with Crippen molar-refractivity contribution in [2.45, 2.75) is 26.4 Å². The summed E-state index contributed by atoms with van der Waals surface area (Å²) in [6.07, 6.45) is 0. The first-order valence-electron chi connectivity index (χ1n) is 6.15. The van der Waals surface area contributed by atoms with Crippen molar-refractivity contribution < 1.29 is 4.79 Å². The molecule has 1 amide bonds. The Morgan fingerprint density at radius 1 is 1.37 bits per heavy atom. The van der Waals surface area contributed by atoms with Crippen LogP contribution in [0.15, 0.2) is 35.7 Å². The first-order valence-corrected chi connectivity index (χ1v) is 7.03. The maximum atomic E-state index is 11.9. The van der Waals surface area contributed by atoms with E-state index >= 15 is 0 Å². The number of carbonyl (C=O) groups excluding carboxylic acids is 1. The Morgan fingerprint density at radius 3 is 2.74 bits per heavy atom. The van der Waals surface area contributed by atoms with E-state index in [1.54, 1.807) is 11.3 Å². The van der Waals surface area contributed by atoms with Gasteiger partial charge in [0.2, 0.25) is 5.91 Å². The molecule has 100 valence electrons. The molecule has 0 aliphatic carbocycles. The van der Waals surface area contributed by atoms with Gasteiger partial charge in [0.05, 0.1) is 6.04 Å². The van der Waals surface area contributed by atoms with E-state index in [1.807, 2.05) is 49.6 Å². The highest BCUT2D eigenvalue weighted by atomic mass is 32.1. The van der Waals surface area contributed by atoms with Crippen molar-refractivity contribution in [2.24, 2.45) is 0 Å². The Balaban J connectivity index is 1.82. The lowest BCUT2D eigenvalue weighted by atomic mass is 10.2. The molecule has 0 aliphatic heterocycles. The summed E-state index contributed by atoms with van der Waals surface area (Å²) in [4.78, 5) is 16.3. The fraction of sp³-hybridized carbons (Fsp3) is 0.286. The van der Waals surface area contributed by atoms with Gasteiger partial charge in [0, 0.05) is 23.3 Å². The fourth-order valence-corrected chi connectivity index (χ4v) is 2.31. The maximum absolute atomic E-state index is 11.9. The highest BCUT2D eigenvalue weighted by Crippen LogP contribution is 2.09. The van der Waals surface area contributed by atoms with Gasteiger partial charge in [-0.05, 0) is 26.0 Å².